The highest BCUT2D eigenvalue weighted by Crippen LogP contribution is 2.31. The molecule has 0 aliphatic heterocycles. The van der Waals surface area contributed by atoms with Crippen molar-refractivity contribution >= 4 is 47.8 Å². The van der Waals surface area contributed by atoms with E-state index in [0.29, 0.717) is 11.4 Å². The minimum absolute atomic E-state index is 0. The first-order valence-corrected chi connectivity index (χ1v) is 8.70. The van der Waals surface area contributed by atoms with Gasteiger partial charge in [0.25, 0.3) is 0 Å². The molecule has 0 atom stereocenters. The smallest absolute Gasteiger partial charge is 0.171 e. The van der Waals surface area contributed by atoms with Gasteiger partial charge in [-0.15, -0.1) is 36.2 Å². The summed E-state index contributed by atoms with van der Waals surface area (Å²) in [7, 11) is 2.90. The Morgan fingerprint density at radius 3 is 1.97 bits per heavy atom. The Hall–Kier alpha value is -2.88. The van der Waals surface area contributed by atoms with E-state index in [4.69, 9.17) is 11.5 Å². The summed E-state index contributed by atoms with van der Waals surface area (Å²) in [4.78, 5) is 19.2. The van der Waals surface area contributed by atoms with Crippen LogP contribution in [0.1, 0.15) is 11.1 Å². The summed E-state index contributed by atoms with van der Waals surface area (Å²) in [5.41, 5.74) is 14.8. The molecule has 29 heavy (non-hydrogen) atoms. The predicted molar refractivity (Wildman–Crippen MR) is 121 cm³/mol. The molecule has 0 fully saturated rings. The zero-order chi connectivity index (χ0) is 19.2. The molecule has 8 nitrogen and oxygen atoms in total. The maximum Gasteiger partial charge on any atom is 0.171 e. The van der Waals surface area contributed by atoms with Crippen LogP contribution in [0.3, 0.4) is 0 Å². The van der Waals surface area contributed by atoms with E-state index in [-0.39, 0.29) is 30.6 Å². The second-order valence-electron chi connectivity index (χ2n) is 5.36. The number of pyridine rings is 1. The fourth-order valence-electron chi connectivity index (χ4n) is 2.31. The monoisotopic (exact) mass is 454 g/mol. The fraction of sp³-hybridized carbons (Fsp3) is 0.111. The summed E-state index contributed by atoms with van der Waals surface area (Å²) in [5, 5.41) is 8.22. The van der Waals surface area contributed by atoms with Gasteiger partial charge in [0.2, 0.25) is 0 Å². The van der Waals surface area contributed by atoms with Crippen molar-refractivity contribution in [1.82, 2.24) is 9.97 Å². The molecule has 0 unspecified atom stereocenters. The molecule has 0 aliphatic carbocycles. The van der Waals surface area contributed by atoms with Crippen molar-refractivity contribution in [2.75, 3.05) is 14.2 Å². The van der Waals surface area contributed by atoms with E-state index in [2.05, 4.69) is 30.0 Å². The van der Waals surface area contributed by atoms with Crippen molar-refractivity contribution in [3.05, 3.63) is 59.9 Å². The van der Waals surface area contributed by atoms with Gasteiger partial charge < -0.3 is 21.1 Å². The number of halogens is 2. The standard InChI is InChI=1S/C18H18N6O2S.2ClH/c1-25-23-16(19)12-5-3-11(4-6-12)15-10-22-18(27-15)14-8-7-13(9-21-14)17(20)24-26-2;;/h3-10H,1-2H3,(H2,19,23)(H2,20,24);2*1H. The van der Waals surface area contributed by atoms with E-state index in [0.717, 1.165) is 26.7 Å². The second kappa shape index (κ2) is 11.2. The SMILES string of the molecule is CO/N=C(\N)c1ccc(-c2cnc(-c3ccc(/C(N)=N\OC)cn3)s2)cc1.Cl.Cl. The number of thiazole rings is 1. The number of amidine groups is 2. The lowest BCUT2D eigenvalue weighted by atomic mass is 10.1. The topological polar surface area (TPSA) is 121 Å². The average Bonchev–Trinajstić information content (AvgIpc) is 3.19. The van der Waals surface area contributed by atoms with E-state index in [1.807, 2.05) is 42.6 Å². The summed E-state index contributed by atoms with van der Waals surface area (Å²) in [6.45, 7) is 0. The molecular weight excluding hydrogens is 435 g/mol. The van der Waals surface area contributed by atoms with Gasteiger partial charge in [-0.2, -0.15) is 0 Å². The van der Waals surface area contributed by atoms with Crippen LogP contribution in [-0.4, -0.2) is 35.9 Å². The third-order valence-corrected chi connectivity index (χ3v) is 4.70. The molecular formula is C18H20Cl2N6O2S. The lowest BCUT2D eigenvalue weighted by Gasteiger charge is -2.02. The Bertz CT molecular complexity index is 897. The lowest BCUT2D eigenvalue weighted by Crippen LogP contribution is -2.13. The van der Waals surface area contributed by atoms with Crippen LogP contribution in [0.2, 0.25) is 0 Å². The summed E-state index contributed by atoms with van der Waals surface area (Å²) >= 11 is 1.54. The lowest BCUT2D eigenvalue weighted by molar-refractivity contribution is 0.213. The van der Waals surface area contributed by atoms with Crippen LogP contribution in [0.25, 0.3) is 21.1 Å². The molecule has 154 valence electrons. The number of rotatable bonds is 6. The highest BCUT2D eigenvalue weighted by molar-refractivity contribution is 7.18. The van der Waals surface area contributed by atoms with Gasteiger partial charge in [-0.25, -0.2) is 4.98 Å². The molecule has 4 N–H and O–H groups in total. The summed E-state index contributed by atoms with van der Waals surface area (Å²) in [6, 6.07) is 11.4. The minimum atomic E-state index is 0. The van der Waals surface area contributed by atoms with Gasteiger partial charge in [-0.05, 0) is 17.7 Å². The van der Waals surface area contributed by atoms with Crippen LogP contribution in [0.5, 0.6) is 0 Å². The molecule has 0 saturated carbocycles. The van der Waals surface area contributed by atoms with Gasteiger partial charge in [-0.1, -0.05) is 34.6 Å². The van der Waals surface area contributed by atoms with Crippen molar-refractivity contribution in [2.24, 2.45) is 21.8 Å². The second-order valence-corrected chi connectivity index (χ2v) is 6.39. The number of hydrogen-bond donors (Lipinski definition) is 2. The van der Waals surface area contributed by atoms with Crippen molar-refractivity contribution in [3.63, 3.8) is 0 Å². The summed E-state index contributed by atoms with van der Waals surface area (Å²) in [6.07, 6.45) is 3.46. The molecule has 2 heterocycles. The maximum atomic E-state index is 5.81. The Kier molecular flexibility index (Phi) is 9.33. The molecule has 0 saturated heterocycles. The maximum absolute atomic E-state index is 5.81. The van der Waals surface area contributed by atoms with E-state index >= 15 is 0 Å². The number of nitrogens with two attached hydrogens (primary N) is 2. The third kappa shape index (κ3) is 5.80. The number of oxime groups is 2. The zero-order valence-electron chi connectivity index (χ0n) is 15.6. The predicted octanol–water partition coefficient (Wildman–Crippen LogP) is 3.25. The van der Waals surface area contributed by atoms with Gasteiger partial charge >= 0.3 is 0 Å². The van der Waals surface area contributed by atoms with Crippen molar-refractivity contribution in [1.29, 1.82) is 0 Å². The summed E-state index contributed by atoms with van der Waals surface area (Å²) in [5.74, 6) is 0.599. The van der Waals surface area contributed by atoms with Crippen LogP contribution in [-0.2, 0) is 9.68 Å². The Balaban J connectivity index is 0.00000210. The molecule has 1 aromatic carbocycles. The Morgan fingerprint density at radius 1 is 0.828 bits per heavy atom. The fourth-order valence-corrected chi connectivity index (χ4v) is 3.20. The van der Waals surface area contributed by atoms with Crippen LogP contribution in [0.15, 0.2) is 59.1 Å². The van der Waals surface area contributed by atoms with Crippen molar-refractivity contribution < 1.29 is 9.68 Å². The normalized spacial score (nSPS) is 11.2. The first-order valence-electron chi connectivity index (χ1n) is 7.89. The van der Waals surface area contributed by atoms with Crippen LogP contribution < -0.4 is 11.5 Å². The molecule has 0 spiro atoms. The quantitative estimate of drug-likeness (QED) is 0.334. The Labute approximate surface area is 184 Å². The van der Waals surface area contributed by atoms with Gasteiger partial charge in [0.15, 0.2) is 11.7 Å². The summed E-state index contributed by atoms with van der Waals surface area (Å²) < 4.78 is 0. The zero-order valence-corrected chi connectivity index (χ0v) is 18.1. The molecule has 0 amide bonds. The third-order valence-electron chi connectivity index (χ3n) is 3.63. The highest BCUT2D eigenvalue weighted by Gasteiger charge is 2.09. The Morgan fingerprint density at radius 2 is 1.41 bits per heavy atom. The molecule has 3 rings (SSSR count). The van der Waals surface area contributed by atoms with Gasteiger partial charge in [0.05, 0.1) is 10.6 Å². The van der Waals surface area contributed by atoms with Gasteiger partial charge in [-0.3, -0.25) is 4.98 Å². The molecule has 0 aliphatic rings. The molecule has 11 heteroatoms. The van der Waals surface area contributed by atoms with Crippen LogP contribution in [0, 0.1) is 0 Å². The average molecular weight is 455 g/mol. The van der Waals surface area contributed by atoms with Crippen molar-refractivity contribution in [3.8, 4) is 21.1 Å². The van der Waals surface area contributed by atoms with E-state index in [9.17, 15) is 0 Å². The van der Waals surface area contributed by atoms with Gasteiger partial charge in [0.1, 0.15) is 19.2 Å². The van der Waals surface area contributed by atoms with Crippen molar-refractivity contribution in [2.45, 2.75) is 0 Å². The molecule has 0 radical (unpaired) electrons. The minimum Gasteiger partial charge on any atom is -0.397 e. The van der Waals surface area contributed by atoms with Crippen LogP contribution >= 0.6 is 36.2 Å². The van der Waals surface area contributed by atoms with E-state index in [1.165, 1.54) is 14.2 Å². The van der Waals surface area contributed by atoms with Crippen LogP contribution in [0.4, 0.5) is 0 Å². The van der Waals surface area contributed by atoms with Gasteiger partial charge in [0, 0.05) is 23.5 Å². The molecule has 0 bridgehead atoms. The first kappa shape index (κ1) is 24.2. The van der Waals surface area contributed by atoms with E-state index < -0.39 is 0 Å². The van der Waals surface area contributed by atoms with E-state index in [1.54, 1.807) is 17.5 Å². The largest absolute Gasteiger partial charge is 0.397 e. The molecule has 3 aromatic rings. The number of nitrogens with zero attached hydrogens (tertiary/aromatic N) is 4. The first-order chi connectivity index (χ1) is 13.1. The number of aromatic nitrogens is 2. The number of benzene rings is 1. The molecule has 2 aromatic heterocycles. The highest BCUT2D eigenvalue weighted by atomic mass is 35.5. The number of hydrogen-bond acceptors (Lipinski definition) is 7.